The number of fused-ring (bicyclic) bond motifs is 1. The number of sulfone groups is 1. The average molecular weight is 491 g/mol. The quantitative estimate of drug-likeness (QED) is 0.401. The fourth-order valence-corrected chi connectivity index (χ4v) is 3.93. The molecular formula is C26H26N4O4S. The van der Waals surface area contributed by atoms with Gasteiger partial charge in [0.15, 0.2) is 5.65 Å². The van der Waals surface area contributed by atoms with Crippen LogP contribution in [0.1, 0.15) is 26.3 Å². The maximum absolute atomic E-state index is 12.0. The molecule has 1 amide bonds. The summed E-state index contributed by atoms with van der Waals surface area (Å²) in [4.78, 5) is 24.9. The number of amides is 1. The zero-order chi connectivity index (χ0) is 25.2. The molecule has 0 fully saturated rings. The third-order valence-corrected chi connectivity index (χ3v) is 5.90. The Morgan fingerprint density at radius 2 is 1.66 bits per heavy atom. The Bertz CT molecular complexity index is 1480. The minimum atomic E-state index is -3.57. The average Bonchev–Trinajstić information content (AvgIpc) is 2.81. The van der Waals surface area contributed by atoms with E-state index in [2.05, 4.69) is 15.3 Å². The van der Waals surface area contributed by atoms with Crippen LogP contribution in [0.15, 0.2) is 72.0 Å². The van der Waals surface area contributed by atoms with Crippen LogP contribution in [0, 0.1) is 0 Å². The Kier molecular flexibility index (Phi) is 6.53. The minimum absolute atomic E-state index is 0.129. The van der Waals surface area contributed by atoms with Gasteiger partial charge < -0.3 is 10.1 Å². The van der Waals surface area contributed by atoms with Crippen molar-refractivity contribution < 1.29 is 17.9 Å². The summed E-state index contributed by atoms with van der Waals surface area (Å²) < 4.78 is 29.2. The van der Waals surface area contributed by atoms with Crippen molar-refractivity contribution in [3.63, 3.8) is 0 Å². The first-order valence-electron chi connectivity index (χ1n) is 11.0. The lowest BCUT2D eigenvalue weighted by molar-refractivity contribution is 0.131. The van der Waals surface area contributed by atoms with Gasteiger partial charge in [0.25, 0.3) is 0 Å². The van der Waals surface area contributed by atoms with Gasteiger partial charge in [-0.1, -0.05) is 54.6 Å². The van der Waals surface area contributed by atoms with Gasteiger partial charge in [-0.05, 0) is 38.0 Å². The zero-order valence-electron chi connectivity index (χ0n) is 19.9. The molecule has 2 aromatic heterocycles. The van der Waals surface area contributed by atoms with Crippen LogP contribution in [0.25, 0.3) is 33.4 Å². The van der Waals surface area contributed by atoms with Crippen LogP contribution in [0.5, 0.6) is 0 Å². The topological polar surface area (TPSA) is 111 Å². The summed E-state index contributed by atoms with van der Waals surface area (Å²) in [6, 6.07) is 19.2. The lowest BCUT2D eigenvalue weighted by Crippen LogP contribution is -2.40. The van der Waals surface area contributed by atoms with Crippen molar-refractivity contribution >= 4 is 27.0 Å². The molecule has 0 saturated carbocycles. The lowest BCUT2D eigenvalue weighted by atomic mass is 9.98. The smallest absolute Gasteiger partial charge is 0.407 e. The maximum atomic E-state index is 12.0. The van der Waals surface area contributed by atoms with Crippen LogP contribution >= 0.6 is 0 Å². The van der Waals surface area contributed by atoms with Crippen LogP contribution in [0.4, 0.5) is 4.79 Å². The molecule has 2 aromatic carbocycles. The Morgan fingerprint density at radius 1 is 0.971 bits per heavy atom. The fourth-order valence-electron chi connectivity index (χ4n) is 3.43. The van der Waals surface area contributed by atoms with E-state index in [1.54, 1.807) is 0 Å². The van der Waals surface area contributed by atoms with Crippen molar-refractivity contribution in [3.05, 3.63) is 72.4 Å². The molecule has 0 atom stereocenters. The number of nitrogens with one attached hydrogen (secondary N) is 1. The molecule has 4 aromatic rings. The molecule has 0 aliphatic carbocycles. The molecule has 1 N–H and O–H groups in total. The molecule has 0 aliphatic heterocycles. The maximum Gasteiger partial charge on any atom is 0.407 e. The molecule has 4 rings (SSSR count). The summed E-state index contributed by atoms with van der Waals surface area (Å²) in [7, 11) is -3.57. The normalized spacial score (nSPS) is 11.9. The monoisotopic (exact) mass is 490 g/mol. The van der Waals surface area contributed by atoms with Crippen LogP contribution in [-0.4, -0.2) is 41.3 Å². The van der Waals surface area contributed by atoms with Crippen molar-refractivity contribution in [2.75, 3.05) is 6.26 Å². The largest absolute Gasteiger partial charge is 0.445 e. The number of benzene rings is 2. The van der Waals surface area contributed by atoms with Gasteiger partial charge >= 0.3 is 6.09 Å². The van der Waals surface area contributed by atoms with Crippen LogP contribution in [0.2, 0.25) is 0 Å². The van der Waals surface area contributed by atoms with Gasteiger partial charge in [0, 0.05) is 34.5 Å². The van der Waals surface area contributed by atoms with Crippen molar-refractivity contribution in [2.24, 2.45) is 0 Å². The van der Waals surface area contributed by atoms with E-state index in [0.717, 1.165) is 28.5 Å². The second-order valence-electron chi connectivity index (χ2n) is 9.24. The summed E-state index contributed by atoms with van der Waals surface area (Å²) in [5.41, 5.74) is 4.02. The third kappa shape index (κ3) is 5.99. The molecule has 0 bridgehead atoms. The van der Waals surface area contributed by atoms with Gasteiger partial charge in [-0.2, -0.15) is 4.98 Å². The molecule has 0 radical (unpaired) electrons. The molecule has 35 heavy (non-hydrogen) atoms. The Morgan fingerprint density at radius 3 is 2.29 bits per heavy atom. The third-order valence-electron chi connectivity index (χ3n) is 5.04. The van der Waals surface area contributed by atoms with Crippen LogP contribution in [-0.2, 0) is 21.2 Å². The zero-order valence-corrected chi connectivity index (χ0v) is 20.8. The standard InChI is InChI=1S/C26H26N4O4S/c1-26(2,3)30-25(31)34-16-17-10-12-19(13-11-17)22-21(18-8-6-5-7-9-18)14-20-15-27-24(35(4,32)33)29-23(20)28-22/h5-15H,16H2,1-4H3,(H,30,31). The van der Waals surface area contributed by atoms with Crippen LogP contribution < -0.4 is 5.32 Å². The van der Waals surface area contributed by atoms with E-state index in [9.17, 15) is 13.2 Å². The van der Waals surface area contributed by atoms with Crippen molar-refractivity contribution in [1.29, 1.82) is 0 Å². The Balaban J connectivity index is 1.71. The SMILES string of the molecule is CC(C)(C)NC(=O)OCc1ccc(-c2nc3nc(S(C)(=O)=O)ncc3cc2-c2ccccc2)cc1. The molecule has 180 valence electrons. The number of hydrogen-bond acceptors (Lipinski definition) is 7. The van der Waals surface area contributed by atoms with Gasteiger partial charge in [0.2, 0.25) is 15.0 Å². The molecule has 0 saturated heterocycles. The highest BCUT2D eigenvalue weighted by atomic mass is 32.2. The van der Waals surface area contributed by atoms with Gasteiger partial charge in [-0.15, -0.1) is 0 Å². The summed E-state index contributed by atoms with van der Waals surface area (Å²) in [6.45, 7) is 5.78. The van der Waals surface area contributed by atoms with Crippen molar-refractivity contribution in [1.82, 2.24) is 20.3 Å². The minimum Gasteiger partial charge on any atom is -0.445 e. The van der Waals surface area contributed by atoms with Gasteiger partial charge in [-0.3, -0.25) is 0 Å². The first-order chi connectivity index (χ1) is 16.5. The summed E-state index contributed by atoms with van der Waals surface area (Å²) >= 11 is 0. The molecule has 0 aliphatic rings. The number of rotatable bonds is 5. The number of carbonyl (C=O) groups excluding carboxylic acids is 1. The Labute approximate surface area is 204 Å². The van der Waals surface area contributed by atoms with Gasteiger partial charge in [0.1, 0.15) is 6.61 Å². The number of alkyl carbamates (subject to hydrolysis) is 1. The highest BCUT2D eigenvalue weighted by molar-refractivity contribution is 7.90. The number of aromatic nitrogens is 3. The highest BCUT2D eigenvalue weighted by Crippen LogP contribution is 2.33. The first kappa shape index (κ1) is 24.3. The van der Waals surface area contributed by atoms with Crippen LogP contribution in [0.3, 0.4) is 0 Å². The molecule has 8 nitrogen and oxygen atoms in total. The molecule has 2 heterocycles. The lowest BCUT2D eigenvalue weighted by Gasteiger charge is -2.20. The molecule has 0 unspecified atom stereocenters. The predicted octanol–water partition coefficient (Wildman–Crippen LogP) is 4.79. The summed E-state index contributed by atoms with van der Waals surface area (Å²) in [5, 5.41) is 3.13. The summed E-state index contributed by atoms with van der Waals surface area (Å²) in [6.07, 6.45) is 2.06. The van der Waals surface area contributed by atoms with Gasteiger partial charge in [-0.25, -0.2) is 23.2 Å². The highest BCUT2D eigenvalue weighted by Gasteiger charge is 2.17. The van der Waals surface area contributed by atoms with E-state index in [-0.39, 0.29) is 17.3 Å². The summed E-state index contributed by atoms with van der Waals surface area (Å²) in [5.74, 6) is 0. The molecular weight excluding hydrogens is 464 g/mol. The van der Waals surface area contributed by atoms with E-state index in [4.69, 9.17) is 9.72 Å². The number of carbonyl (C=O) groups is 1. The van der Waals surface area contributed by atoms with E-state index in [1.165, 1.54) is 6.20 Å². The second kappa shape index (κ2) is 9.42. The molecule has 9 heteroatoms. The van der Waals surface area contributed by atoms with Crippen molar-refractivity contribution in [3.8, 4) is 22.4 Å². The molecule has 0 spiro atoms. The first-order valence-corrected chi connectivity index (χ1v) is 12.9. The second-order valence-corrected chi connectivity index (χ2v) is 11.1. The van der Waals surface area contributed by atoms with E-state index < -0.39 is 15.9 Å². The predicted molar refractivity (Wildman–Crippen MR) is 134 cm³/mol. The van der Waals surface area contributed by atoms with Crippen molar-refractivity contribution in [2.45, 2.75) is 38.1 Å². The number of ether oxygens (including phenoxy) is 1. The van der Waals surface area contributed by atoms with Gasteiger partial charge in [0.05, 0.1) is 5.69 Å². The van der Waals surface area contributed by atoms with E-state index in [0.29, 0.717) is 16.7 Å². The Hall–Kier alpha value is -3.85. The van der Waals surface area contributed by atoms with E-state index in [1.807, 2.05) is 81.4 Å². The fraction of sp³-hybridized carbons (Fsp3) is 0.231. The van der Waals surface area contributed by atoms with E-state index >= 15 is 0 Å². The number of pyridine rings is 1. The number of hydrogen-bond donors (Lipinski definition) is 1. The number of nitrogens with zero attached hydrogens (tertiary/aromatic N) is 3.